The van der Waals surface area contributed by atoms with Crippen LogP contribution in [0.5, 0.6) is 0 Å². The number of nitrogens with zero attached hydrogens (tertiary/aromatic N) is 2. The molecule has 5 heteroatoms. The van der Waals surface area contributed by atoms with Crippen molar-refractivity contribution < 1.29 is 9.18 Å². The first-order chi connectivity index (χ1) is 12.1. The van der Waals surface area contributed by atoms with Crippen LogP contribution in [0.15, 0.2) is 24.3 Å². The van der Waals surface area contributed by atoms with Gasteiger partial charge in [-0.05, 0) is 50.6 Å². The van der Waals surface area contributed by atoms with Gasteiger partial charge in [0.1, 0.15) is 5.82 Å². The zero-order valence-electron chi connectivity index (χ0n) is 15.3. The van der Waals surface area contributed by atoms with E-state index in [1.54, 1.807) is 12.1 Å². The molecule has 1 aromatic carbocycles. The molecule has 1 N–H and O–H groups in total. The predicted octanol–water partition coefficient (Wildman–Crippen LogP) is 2.39. The fraction of sp³-hybridized carbons (Fsp3) is 0.650. The van der Waals surface area contributed by atoms with Crippen LogP contribution in [0.25, 0.3) is 0 Å². The molecule has 0 bridgehead atoms. The molecular formula is C20H30FN3O. The van der Waals surface area contributed by atoms with Crippen LogP contribution < -0.4 is 5.32 Å². The summed E-state index contributed by atoms with van der Waals surface area (Å²) in [5, 5.41) is 3.16. The third kappa shape index (κ3) is 4.39. The number of carbonyl (C=O) groups excluding carboxylic acids is 1. The molecule has 1 aliphatic heterocycles. The molecular weight excluding hydrogens is 317 g/mol. The molecule has 1 amide bonds. The third-order valence-corrected chi connectivity index (χ3v) is 5.82. The summed E-state index contributed by atoms with van der Waals surface area (Å²) >= 11 is 0. The van der Waals surface area contributed by atoms with E-state index in [9.17, 15) is 9.18 Å². The van der Waals surface area contributed by atoms with E-state index < -0.39 is 5.41 Å². The van der Waals surface area contributed by atoms with Gasteiger partial charge in [0, 0.05) is 32.7 Å². The van der Waals surface area contributed by atoms with Crippen LogP contribution in [0.4, 0.5) is 4.39 Å². The molecule has 1 aliphatic carbocycles. The Bertz CT molecular complexity index is 561. The van der Waals surface area contributed by atoms with Gasteiger partial charge in [0.25, 0.3) is 0 Å². The summed E-state index contributed by atoms with van der Waals surface area (Å²) < 4.78 is 13.2. The lowest BCUT2D eigenvalue weighted by Crippen LogP contribution is -2.46. The lowest BCUT2D eigenvalue weighted by Gasteiger charge is -2.32. The van der Waals surface area contributed by atoms with Crippen LogP contribution >= 0.6 is 0 Å². The molecule has 2 aliphatic rings. The molecule has 0 spiro atoms. The number of hydrogen-bond acceptors (Lipinski definition) is 3. The van der Waals surface area contributed by atoms with Gasteiger partial charge in [0.05, 0.1) is 5.41 Å². The highest BCUT2D eigenvalue weighted by Crippen LogP contribution is 2.41. The van der Waals surface area contributed by atoms with Gasteiger partial charge in [-0.2, -0.15) is 0 Å². The predicted molar refractivity (Wildman–Crippen MR) is 98.1 cm³/mol. The average Bonchev–Trinajstić information content (AvgIpc) is 3.12. The normalized spacial score (nSPS) is 21.4. The van der Waals surface area contributed by atoms with Gasteiger partial charge in [-0.3, -0.25) is 4.79 Å². The van der Waals surface area contributed by atoms with Gasteiger partial charge in [-0.25, -0.2) is 4.39 Å². The van der Waals surface area contributed by atoms with Gasteiger partial charge in [-0.1, -0.05) is 25.0 Å². The molecule has 1 saturated heterocycles. The Labute approximate surface area is 150 Å². The fourth-order valence-electron chi connectivity index (χ4n) is 4.14. The van der Waals surface area contributed by atoms with Crippen molar-refractivity contribution in [3.8, 4) is 0 Å². The van der Waals surface area contributed by atoms with E-state index in [4.69, 9.17) is 0 Å². The highest BCUT2D eigenvalue weighted by molar-refractivity contribution is 5.88. The first-order valence-electron chi connectivity index (χ1n) is 9.55. The van der Waals surface area contributed by atoms with Crippen molar-refractivity contribution in [2.75, 3.05) is 46.3 Å². The Balaban J connectivity index is 1.51. The van der Waals surface area contributed by atoms with Crippen LogP contribution in [0.3, 0.4) is 0 Å². The van der Waals surface area contributed by atoms with Crippen LogP contribution in [0, 0.1) is 5.82 Å². The summed E-state index contributed by atoms with van der Waals surface area (Å²) in [5.74, 6) is -0.125. The first-order valence-corrected chi connectivity index (χ1v) is 9.55. The largest absolute Gasteiger partial charge is 0.355 e. The number of likely N-dealkylation sites (N-methyl/N-ethyl adjacent to an activating group) is 1. The van der Waals surface area contributed by atoms with Crippen molar-refractivity contribution in [2.24, 2.45) is 0 Å². The Morgan fingerprint density at radius 3 is 2.40 bits per heavy atom. The third-order valence-electron chi connectivity index (χ3n) is 5.82. The van der Waals surface area contributed by atoms with E-state index >= 15 is 0 Å². The zero-order valence-corrected chi connectivity index (χ0v) is 15.3. The molecule has 25 heavy (non-hydrogen) atoms. The number of benzene rings is 1. The highest BCUT2D eigenvalue weighted by atomic mass is 19.1. The van der Waals surface area contributed by atoms with Gasteiger partial charge in [-0.15, -0.1) is 0 Å². The summed E-state index contributed by atoms with van der Waals surface area (Å²) in [5.41, 5.74) is 0.504. The van der Waals surface area contributed by atoms with Crippen LogP contribution in [0.2, 0.25) is 0 Å². The van der Waals surface area contributed by atoms with E-state index in [-0.39, 0.29) is 11.7 Å². The standard InChI is InChI=1S/C20H30FN3O/c1-23-13-15-24(16-14-23)12-4-11-22-19(25)20(9-2-3-10-20)17-5-7-18(21)8-6-17/h5-8H,2-4,9-16H2,1H3,(H,22,25). The molecule has 1 aromatic rings. The van der Waals surface area contributed by atoms with Gasteiger partial charge in [0.2, 0.25) is 5.91 Å². The van der Waals surface area contributed by atoms with Crippen LogP contribution in [-0.4, -0.2) is 62.0 Å². The quantitative estimate of drug-likeness (QED) is 0.803. The van der Waals surface area contributed by atoms with Gasteiger partial charge in [0.15, 0.2) is 0 Å². The second kappa shape index (κ2) is 8.28. The van der Waals surface area contributed by atoms with E-state index in [2.05, 4.69) is 22.2 Å². The lowest BCUT2D eigenvalue weighted by atomic mass is 9.78. The summed E-state index contributed by atoms with van der Waals surface area (Å²) in [6.45, 7) is 6.24. The Morgan fingerprint density at radius 2 is 1.76 bits per heavy atom. The van der Waals surface area contributed by atoms with Gasteiger partial charge < -0.3 is 15.1 Å². The van der Waals surface area contributed by atoms with Crippen molar-refractivity contribution in [3.05, 3.63) is 35.6 Å². The number of nitrogens with one attached hydrogen (secondary N) is 1. The second-order valence-corrected chi connectivity index (χ2v) is 7.55. The molecule has 2 fully saturated rings. The minimum atomic E-state index is -0.457. The van der Waals surface area contributed by atoms with Crippen LogP contribution in [0.1, 0.15) is 37.7 Å². The first kappa shape index (κ1) is 18.3. The molecule has 138 valence electrons. The maximum absolute atomic E-state index is 13.2. The fourth-order valence-corrected chi connectivity index (χ4v) is 4.14. The molecule has 0 radical (unpaired) electrons. The molecule has 0 atom stereocenters. The Kier molecular flexibility index (Phi) is 6.07. The topological polar surface area (TPSA) is 35.6 Å². The summed E-state index contributed by atoms with van der Waals surface area (Å²) in [7, 11) is 2.16. The maximum atomic E-state index is 13.2. The van der Waals surface area contributed by atoms with E-state index in [0.29, 0.717) is 6.54 Å². The molecule has 1 saturated carbocycles. The molecule has 1 heterocycles. The summed E-state index contributed by atoms with van der Waals surface area (Å²) in [4.78, 5) is 17.7. The number of rotatable bonds is 6. The summed E-state index contributed by atoms with van der Waals surface area (Å²) in [6, 6.07) is 6.50. The zero-order chi connectivity index (χ0) is 17.7. The minimum absolute atomic E-state index is 0.120. The molecule has 0 unspecified atom stereocenters. The average molecular weight is 347 g/mol. The number of amides is 1. The van der Waals surface area contributed by atoms with Crippen molar-refractivity contribution in [1.29, 1.82) is 0 Å². The number of piperazine rings is 1. The van der Waals surface area contributed by atoms with Crippen LogP contribution in [-0.2, 0) is 10.2 Å². The molecule has 0 aromatic heterocycles. The highest BCUT2D eigenvalue weighted by Gasteiger charge is 2.42. The van der Waals surface area contributed by atoms with Crippen molar-refractivity contribution in [3.63, 3.8) is 0 Å². The SMILES string of the molecule is CN1CCN(CCCNC(=O)C2(c3ccc(F)cc3)CCCC2)CC1. The Hall–Kier alpha value is -1.46. The monoisotopic (exact) mass is 347 g/mol. The molecule has 3 rings (SSSR count). The van der Waals surface area contributed by atoms with Crippen molar-refractivity contribution >= 4 is 5.91 Å². The minimum Gasteiger partial charge on any atom is -0.355 e. The van der Waals surface area contributed by atoms with Crippen molar-refractivity contribution in [2.45, 2.75) is 37.5 Å². The smallest absolute Gasteiger partial charge is 0.230 e. The number of hydrogen-bond donors (Lipinski definition) is 1. The van der Waals surface area contributed by atoms with Crippen molar-refractivity contribution in [1.82, 2.24) is 15.1 Å². The van der Waals surface area contributed by atoms with E-state index in [1.165, 1.54) is 12.1 Å². The van der Waals surface area contributed by atoms with E-state index in [0.717, 1.165) is 70.4 Å². The molecule has 4 nitrogen and oxygen atoms in total. The van der Waals surface area contributed by atoms with Gasteiger partial charge >= 0.3 is 0 Å². The second-order valence-electron chi connectivity index (χ2n) is 7.55. The number of halogens is 1. The Morgan fingerprint density at radius 1 is 1.12 bits per heavy atom. The van der Waals surface area contributed by atoms with E-state index in [1.807, 2.05) is 0 Å². The maximum Gasteiger partial charge on any atom is 0.230 e. The summed E-state index contributed by atoms with van der Waals surface area (Å²) in [6.07, 6.45) is 4.83. The number of carbonyl (C=O) groups is 1. The lowest BCUT2D eigenvalue weighted by molar-refractivity contribution is -0.126.